The lowest BCUT2D eigenvalue weighted by Gasteiger charge is -2.21. The Bertz CT molecular complexity index is 525. The third kappa shape index (κ3) is 2.69. The van der Waals surface area contributed by atoms with Crippen LogP contribution in [0.25, 0.3) is 0 Å². The molecule has 1 fully saturated rings. The molecule has 1 unspecified atom stereocenters. The van der Waals surface area contributed by atoms with Gasteiger partial charge in [-0.3, -0.25) is 14.9 Å². The van der Waals surface area contributed by atoms with Gasteiger partial charge >= 0.3 is 5.97 Å². The number of rotatable bonds is 4. The quantitative estimate of drug-likeness (QED) is 0.677. The number of ether oxygens (including phenoxy) is 1. The predicted molar refractivity (Wildman–Crippen MR) is 67.3 cm³/mol. The highest BCUT2D eigenvalue weighted by atomic mass is 35.5. The van der Waals surface area contributed by atoms with Gasteiger partial charge in [0.2, 0.25) is 0 Å². The van der Waals surface area contributed by atoms with Gasteiger partial charge in [0, 0.05) is 23.3 Å². The minimum absolute atomic E-state index is 0.0409. The lowest BCUT2D eigenvalue weighted by molar-refractivity contribution is -0.385. The minimum atomic E-state index is -1.10. The van der Waals surface area contributed by atoms with Gasteiger partial charge in [-0.05, 0) is 25.0 Å². The van der Waals surface area contributed by atoms with E-state index in [0.29, 0.717) is 23.6 Å². The Kier molecular flexibility index (Phi) is 3.73. The zero-order chi connectivity index (χ0) is 14.0. The Morgan fingerprint density at radius 1 is 1.58 bits per heavy atom. The molecular weight excluding hydrogens is 274 g/mol. The number of nitro groups is 1. The zero-order valence-electron chi connectivity index (χ0n) is 9.97. The summed E-state index contributed by atoms with van der Waals surface area (Å²) in [6.07, 6.45) is 0.380. The van der Waals surface area contributed by atoms with Crippen molar-refractivity contribution < 1.29 is 19.6 Å². The van der Waals surface area contributed by atoms with E-state index < -0.39 is 16.3 Å². The molecule has 19 heavy (non-hydrogen) atoms. The largest absolute Gasteiger partial charge is 0.481 e. The van der Waals surface area contributed by atoms with Gasteiger partial charge in [-0.15, -0.1) is 0 Å². The summed E-state index contributed by atoms with van der Waals surface area (Å²) in [5, 5.41) is 20.7. The van der Waals surface area contributed by atoms with E-state index in [1.54, 1.807) is 0 Å². The van der Waals surface area contributed by atoms with Gasteiger partial charge in [-0.2, -0.15) is 0 Å². The van der Waals surface area contributed by atoms with Gasteiger partial charge in [0.25, 0.3) is 5.69 Å². The molecule has 0 aliphatic carbocycles. The molecule has 1 aromatic rings. The van der Waals surface area contributed by atoms with E-state index in [4.69, 9.17) is 16.3 Å². The summed E-state index contributed by atoms with van der Waals surface area (Å²) >= 11 is 5.83. The number of hydrogen-bond acceptors (Lipinski definition) is 4. The maximum atomic E-state index is 11.4. The van der Waals surface area contributed by atoms with Crippen LogP contribution < -0.4 is 0 Å². The lowest BCUT2D eigenvalue weighted by Crippen LogP contribution is -2.34. The molecule has 7 heteroatoms. The summed E-state index contributed by atoms with van der Waals surface area (Å²) in [7, 11) is 0. The van der Waals surface area contributed by atoms with Crippen LogP contribution in [0.5, 0.6) is 0 Å². The first-order valence-electron chi connectivity index (χ1n) is 5.69. The normalized spacial score (nSPS) is 22.4. The summed E-state index contributed by atoms with van der Waals surface area (Å²) in [5.41, 5.74) is -0.891. The third-order valence-electron chi connectivity index (χ3n) is 3.32. The van der Waals surface area contributed by atoms with Gasteiger partial charge in [-0.25, -0.2) is 0 Å². The van der Waals surface area contributed by atoms with Crippen LogP contribution in [0.2, 0.25) is 5.02 Å². The molecule has 1 saturated heterocycles. The number of nitro benzene ring substituents is 1. The second kappa shape index (κ2) is 5.14. The summed E-state index contributed by atoms with van der Waals surface area (Å²) in [5.74, 6) is -1.00. The fourth-order valence-electron chi connectivity index (χ4n) is 2.23. The van der Waals surface area contributed by atoms with Crippen molar-refractivity contribution in [1.29, 1.82) is 0 Å². The van der Waals surface area contributed by atoms with Gasteiger partial charge in [0.15, 0.2) is 0 Å². The molecule has 0 spiro atoms. The Hall–Kier alpha value is -1.66. The van der Waals surface area contributed by atoms with Crippen molar-refractivity contribution in [2.75, 3.05) is 13.2 Å². The topological polar surface area (TPSA) is 89.7 Å². The number of aliphatic carboxylic acids is 1. The highest BCUT2D eigenvalue weighted by molar-refractivity contribution is 6.30. The van der Waals surface area contributed by atoms with E-state index in [9.17, 15) is 20.0 Å². The van der Waals surface area contributed by atoms with Gasteiger partial charge in [0.1, 0.15) is 0 Å². The molecule has 1 aromatic carbocycles. The highest BCUT2D eigenvalue weighted by Gasteiger charge is 2.43. The zero-order valence-corrected chi connectivity index (χ0v) is 10.7. The Morgan fingerprint density at radius 3 is 2.84 bits per heavy atom. The van der Waals surface area contributed by atoms with Crippen LogP contribution >= 0.6 is 11.6 Å². The molecule has 6 nitrogen and oxygen atoms in total. The standard InChI is InChI=1S/C12H12ClNO5/c13-9-1-2-10(14(17)18)8(5-9)6-12(11(15)16)3-4-19-7-12/h1-2,5H,3-4,6-7H2,(H,15,16). The number of hydrogen-bond donors (Lipinski definition) is 1. The number of benzene rings is 1. The molecule has 2 rings (SSSR count). The lowest BCUT2D eigenvalue weighted by atomic mass is 9.80. The molecule has 1 atom stereocenters. The smallest absolute Gasteiger partial charge is 0.312 e. The van der Waals surface area contributed by atoms with Gasteiger partial charge in [-0.1, -0.05) is 11.6 Å². The van der Waals surface area contributed by atoms with Gasteiger partial charge in [0.05, 0.1) is 16.9 Å². The maximum Gasteiger partial charge on any atom is 0.312 e. The molecule has 0 aromatic heterocycles. The summed E-state index contributed by atoms with van der Waals surface area (Å²) in [6, 6.07) is 4.16. The molecule has 1 aliphatic rings. The van der Waals surface area contributed by atoms with E-state index in [1.807, 2.05) is 0 Å². The fraction of sp³-hybridized carbons (Fsp3) is 0.417. The first kappa shape index (κ1) is 13.8. The molecule has 0 radical (unpaired) electrons. The molecule has 1 N–H and O–H groups in total. The van der Waals surface area contributed by atoms with Crippen LogP contribution in [-0.2, 0) is 16.0 Å². The first-order chi connectivity index (χ1) is 8.94. The Balaban J connectivity index is 2.39. The number of nitrogens with zero attached hydrogens (tertiary/aromatic N) is 1. The van der Waals surface area contributed by atoms with Crippen LogP contribution in [0.4, 0.5) is 5.69 Å². The van der Waals surface area contributed by atoms with Crippen LogP contribution in [0.15, 0.2) is 18.2 Å². The van der Waals surface area contributed by atoms with Crippen LogP contribution in [0, 0.1) is 15.5 Å². The minimum Gasteiger partial charge on any atom is -0.481 e. The molecular formula is C12H12ClNO5. The van der Waals surface area contributed by atoms with Crippen molar-refractivity contribution in [3.8, 4) is 0 Å². The third-order valence-corrected chi connectivity index (χ3v) is 3.56. The molecule has 0 amide bonds. The SMILES string of the molecule is O=C(O)C1(Cc2cc(Cl)ccc2[N+](=O)[O-])CCOC1. The van der Waals surface area contributed by atoms with Crippen molar-refractivity contribution in [2.24, 2.45) is 5.41 Å². The van der Waals surface area contributed by atoms with Crippen molar-refractivity contribution in [1.82, 2.24) is 0 Å². The van der Waals surface area contributed by atoms with E-state index in [-0.39, 0.29) is 18.7 Å². The van der Waals surface area contributed by atoms with Crippen LogP contribution in [0.3, 0.4) is 0 Å². The molecule has 0 bridgehead atoms. The van der Waals surface area contributed by atoms with Crippen LogP contribution in [0.1, 0.15) is 12.0 Å². The second-order valence-electron chi connectivity index (χ2n) is 4.59. The van der Waals surface area contributed by atoms with Crippen molar-refractivity contribution >= 4 is 23.3 Å². The molecule has 102 valence electrons. The Morgan fingerprint density at radius 2 is 2.32 bits per heavy atom. The van der Waals surface area contributed by atoms with Gasteiger partial charge < -0.3 is 9.84 Å². The number of carboxylic acid groups (broad SMARTS) is 1. The van der Waals surface area contributed by atoms with E-state index in [2.05, 4.69) is 0 Å². The van der Waals surface area contributed by atoms with E-state index >= 15 is 0 Å². The monoisotopic (exact) mass is 285 g/mol. The number of carbonyl (C=O) groups is 1. The summed E-state index contributed by atoms with van der Waals surface area (Å²) in [6.45, 7) is 0.409. The maximum absolute atomic E-state index is 11.4. The van der Waals surface area contributed by atoms with Crippen LogP contribution in [-0.4, -0.2) is 29.2 Å². The summed E-state index contributed by atoms with van der Waals surface area (Å²) in [4.78, 5) is 21.8. The van der Waals surface area contributed by atoms with E-state index in [0.717, 1.165) is 0 Å². The predicted octanol–water partition coefficient (Wildman–Crippen LogP) is 2.28. The first-order valence-corrected chi connectivity index (χ1v) is 6.06. The number of halogens is 1. The molecule has 1 aliphatic heterocycles. The van der Waals surface area contributed by atoms with Crippen molar-refractivity contribution in [2.45, 2.75) is 12.8 Å². The Labute approximate surface area is 114 Å². The second-order valence-corrected chi connectivity index (χ2v) is 5.03. The highest BCUT2D eigenvalue weighted by Crippen LogP contribution is 2.36. The van der Waals surface area contributed by atoms with E-state index in [1.165, 1.54) is 18.2 Å². The fourth-order valence-corrected chi connectivity index (χ4v) is 2.42. The average molecular weight is 286 g/mol. The summed E-state index contributed by atoms with van der Waals surface area (Å²) < 4.78 is 5.14. The molecule has 1 heterocycles. The molecule has 0 saturated carbocycles. The number of carboxylic acids is 1. The van der Waals surface area contributed by atoms with Crippen molar-refractivity contribution in [3.05, 3.63) is 38.9 Å². The van der Waals surface area contributed by atoms with Crippen molar-refractivity contribution in [3.63, 3.8) is 0 Å². The average Bonchev–Trinajstić information content (AvgIpc) is 2.78.